The average molecular weight is 766 g/mol. The van der Waals surface area contributed by atoms with E-state index in [9.17, 15) is 0 Å². The first-order valence-electron chi connectivity index (χ1n) is 20.1. The van der Waals surface area contributed by atoms with Gasteiger partial charge in [-0.25, -0.2) is 24.9 Å². The minimum Gasteiger partial charge on any atom is -0.228 e. The summed E-state index contributed by atoms with van der Waals surface area (Å²) in [5.41, 5.74) is 9.60. The topological polar surface area (TPSA) is 64.5 Å². The zero-order chi connectivity index (χ0) is 39.8. The van der Waals surface area contributed by atoms with Crippen LogP contribution in [0.4, 0.5) is 0 Å². The maximum absolute atomic E-state index is 5.22. The van der Waals surface area contributed by atoms with E-state index in [0.29, 0.717) is 23.3 Å². The molecule has 0 aliphatic heterocycles. The number of hydrogen-bond acceptors (Lipinski definition) is 5. The van der Waals surface area contributed by atoms with Gasteiger partial charge in [-0.3, -0.25) is 0 Å². The third kappa shape index (κ3) is 6.54. The molecule has 0 atom stereocenters. The highest BCUT2D eigenvalue weighted by atomic mass is 15.0. The molecule has 0 spiro atoms. The monoisotopic (exact) mass is 765 g/mol. The Bertz CT molecular complexity index is 3290. The highest BCUT2D eigenvalue weighted by Crippen LogP contribution is 2.39. The number of nitrogens with zero attached hydrogens (tertiary/aromatic N) is 5. The Labute approximate surface area is 347 Å². The lowest BCUT2D eigenvalue weighted by Crippen LogP contribution is -2.01. The standard InChI is InChI=1S/C55H35N5/c1-4-16-39(17-5-1)49-35-50(44-31-32-46-43(34-44)29-26-36-14-10-12-22-45(36)46)57-52(56-49)42-27-24-38(25-28-42)48-33-30-37-15-11-13-23-47(37)51(48)55-59-53(40-18-6-2-7-19-40)58-54(60-55)41-20-8-3-9-21-41/h1-35H. The van der Waals surface area contributed by atoms with Crippen LogP contribution in [0.2, 0.25) is 0 Å². The Morgan fingerprint density at radius 3 is 1.33 bits per heavy atom. The maximum atomic E-state index is 5.22. The van der Waals surface area contributed by atoms with Crippen molar-refractivity contribution in [3.8, 4) is 79.2 Å². The van der Waals surface area contributed by atoms with Crippen molar-refractivity contribution in [1.82, 2.24) is 24.9 Å². The summed E-state index contributed by atoms with van der Waals surface area (Å²) in [6, 6.07) is 73.5. The molecular weight excluding hydrogens is 731 g/mol. The van der Waals surface area contributed by atoms with E-state index in [2.05, 4.69) is 133 Å². The van der Waals surface area contributed by atoms with Gasteiger partial charge < -0.3 is 0 Å². The Hall–Kier alpha value is -8.15. The van der Waals surface area contributed by atoms with E-state index < -0.39 is 0 Å². The zero-order valence-corrected chi connectivity index (χ0v) is 32.4. The van der Waals surface area contributed by atoms with Gasteiger partial charge in [-0.1, -0.05) is 200 Å². The molecule has 11 aromatic rings. The second-order valence-corrected chi connectivity index (χ2v) is 14.9. The lowest BCUT2D eigenvalue weighted by molar-refractivity contribution is 1.08. The van der Waals surface area contributed by atoms with Gasteiger partial charge >= 0.3 is 0 Å². The molecular formula is C55H35N5. The van der Waals surface area contributed by atoms with Crippen LogP contribution >= 0.6 is 0 Å². The first kappa shape index (κ1) is 35.0. The van der Waals surface area contributed by atoms with Crippen LogP contribution in [0.15, 0.2) is 212 Å². The van der Waals surface area contributed by atoms with Crippen LogP contribution in [0.5, 0.6) is 0 Å². The Kier molecular flexibility index (Phi) is 8.75. The Morgan fingerprint density at radius 2 is 0.667 bits per heavy atom. The molecule has 2 aromatic heterocycles. The van der Waals surface area contributed by atoms with Crippen LogP contribution in [-0.2, 0) is 0 Å². The van der Waals surface area contributed by atoms with Gasteiger partial charge in [-0.15, -0.1) is 0 Å². The van der Waals surface area contributed by atoms with Gasteiger partial charge in [0, 0.05) is 33.4 Å². The number of fused-ring (bicyclic) bond motifs is 4. The van der Waals surface area contributed by atoms with E-state index >= 15 is 0 Å². The largest absolute Gasteiger partial charge is 0.228 e. The summed E-state index contributed by atoms with van der Waals surface area (Å²) >= 11 is 0. The maximum Gasteiger partial charge on any atom is 0.165 e. The summed E-state index contributed by atoms with van der Waals surface area (Å²) < 4.78 is 0. The summed E-state index contributed by atoms with van der Waals surface area (Å²) in [5, 5.41) is 7.05. The average Bonchev–Trinajstić information content (AvgIpc) is 3.34. The molecule has 5 nitrogen and oxygen atoms in total. The molecule has 0 radical (unpaired) electrons. The van der Waals surface area contributed by atoms with E-state index in [1.165, 1.54) is 21.5 Å². The molecule has 0 fully saturated rings. The Morgan fingerprint density at radius 1 is 0.233 bits per heavy atom. The van der Waals surface area contributed by atoms with Gasteiger partial charge in [-0.2, -0.15) is 0 Å². The molecule has 0 aliphatic carbocycles. The lowest BCUT2D eigenvalue weighted by Gasteiger charge is -2.15. The van der Waals surface area contributed by atoms with E-state index in [0.717, 1.165) is 66.7 Å². The molecule has 0 unspecified atom stereocenters. The predicted octanol–water partition coefficient (Wildman–Crippen LogP) is 13.8. The van der Waals surface area contributed by atoms with E-state index in [1.807, 2.05) is 78.9 Å². The molecule has 0 bridgehead atoms. The number of hydrogen-bond donors (Lipinski definition) is 0. The van der Waals surface area contributed by atoms with Gasteiger partial charge in [0.15, 0.2) is 23.3 Å². The molecule has 60 heavy (non-hydrogen) atoms. The van der Waals surface area contributed by atoms with Gasteiger partial charge in [0.25, 0.3) is 0 Å². The van der Waals surface area contributed by atoms with Crippen LogP contribution in [0.1, 0.15) is 0 Å². The molecule has 0 aliphatic rings. The summed E-state index contributed by atoms with van der Waals surface area (Å²) in [5.74, 6) is 2.53. The van der Waals surface area contributed by atoms with Crippen molar-refractivity contribution in [3.63, 3.8) is 0 Å². The van der Waals surface area contributed by atoms with Gasteiger partial charge in [0.05, 0.1) is 11.4 Å². The van der Waals surface area contributed by atoms with Crippen molar-refractivity contribution in [2.24, 2.45) is 0 Å². The van der Waals surface area contributed by atoms with E-state index in [1.54, 1.807) is 0 Å². The minimum absolute atomic E-state index is 0.616. The fourth-order valence-corrected chi connectivity index (χ4v) is 8.13. The van der Waals surface area contributed by atoms with Crippen LogP contribution < -0.4 is 0 Å². The fraction of sp³-hybridized carbons (Fsp3) is 0. The highest BCUT2D eigenvalue weighted by Gasteiger charge is 2.19. The summed E-state index contributed by atoms with van der Waals surface area (Å²) in [7, 11) is 0. The lowest BCUT2D eigenvalue weighted by atomic mass is 9.93. The fourth-order valence-electron chi connectivity index (χ4n) is 8.13. The van der Waals surface area contributed by atoms with Gasteiger partial charge in [-0.05, 0) is 55.6 Å². The van der Waals surface area contributed by atoms with Crippen molar-refractivity contribution in [2.45, 2.75) is 0 Å². The smallest absolute Gasteiger partial charge is 0.165 e. The van der Waals surface area contributed by atoms with Gasteiger partial charge in [0.2, 0.25) is 0 Å². The minimum atomic E-state index is 0.616. The van der Waals surface area contributed by atoms with Crippen molar-refractivity contribution in [2.75, 3.05) is 0 Å². The normalized spacial score (nSPS) is 11.3. The number of benzene rings is 9. The molecule has 11 rings (SSSR count). The number of aromatic nitrogens is 5. The first-order valence-corrected chi connectivity index (χ1v) is 20.1. The second kappa shape index (κ2) is 15.0. The highest BCUT2D eigenvalue weighted by molar-refractivity contribution is 6.08. The van der Waals surface area contributed by atoms with Crippen LogP contribution in [-0.4, -0.2) is 24.9 Å². The molecule has 0 N–H and O–H groups in total. The Balaban J connectivity index is 1.04. The van der Waals surface area contributed by atoms with Crippen LogP contribution in [0.3, 0.4) is 0 Å². The zero-order valence-electron chi connectivity index (χ0n) is 32.4. The van der Waals surface area contributed by atoms with Crippen LogP contribution in [0, 0.1) is 0 Å². The SMILES string of the molecule is c1ccc(-c2cc(-c3ccc4c(ccc5ccccc54)c3)nc(-c3ccc(-c4ccc5ccccc5c4-c4nc(-c5ccccc5)nc(-c5ccccc5)n4)cc3)n2)cc1. The van der Waals surface area contributed by atoms with Crippen molar-refractivity contribution < 1.29 is 0 Å². The predicted molar refractivity (Wildman–Crippen MR) is 246 cm³/mol. The van der Waals surface area contributed by atoms with Crippen LogP contribution in [0.25, 0.3) is 112 Å². The number of rotatable bonds is 7. The molecule has 5 heteroatoms. The second-order valence-electron chi connectivity index (χ2n) is 14.9. The van der Waals surface area contributed by atoms with E-state index in [-0.39, 0.29) is 0 Å². The molecule has 2 heterocycles. The summed E-state index contributed by atoms with van der Waals surface area (Å²) in [4.78, 5) is 25.7. The molecule has 9 aromatic carbocycles. The molecule has 0 saturated carbocycles. The van der Waals surface area contributed by atoms with Gasteiger partial charge in [0.1, 0.15) is 0 Å². The quantitative estimate of drug-likeness (QED) is 0.151. The summed E-state index contributed by atoms with van der Waals surface area (Å²) in [6.45, 7) is 0. The summed E-state index contributed by atoms with van der Waals surface area (Å²) in [6.07, 6.45) is 0. The third-order valence-corrected chi connectivity index (χ3v) is 11.1. The van der Waals surface area contributed by atoms with Crippen molar-refractivity contribution in [1.29, 1.82) is 0 Å². The molecule has 0 amide bonds. The van der Waals surface area contributed by atoms with Crippen molar-refractivity contribution >= 4 is 32.3 Å². The van der Waals surface area contributed by atoms with E-state index in [4.69, 9.17) is 24.9 Å². The first-order chi connectivity index (χ1) is 29.7. The third-order valence-electron chi connectivity index (χ3n) is 11.1. The van der Waals surface area contributed by atoms with Crippen molar-refractivity contribution in [3.05, 3.63) is 212 Å². The molecule has 280 valence electrons. The molecule has 0 saturated heterocycles.